The predicted molar refractivity (Wildman–Crippen MR) is 96.1 cm³/mol. The van der Waals surface area contributed by atoms with Gasteiger partial charge in [-0.3, -0.25) is 0 Å². The van der Waals surface area contributed by atoms with Crippen LogP contribution in [0.2, 0.25) is 0 Å². The lowest BCUT2D eigenvalue weighted by Crippen LogP contribution is -2.07. The second-order valence-corrected chi connectivity index (χ2v) is 5.59. The summed E-state index contributed by atoms with van der Waals surface area (Å²) in [6, 6.07) is 11.2. The van der Waals surface area contributed by atoms with E-state index in [0.29, 0.717) is 17.8 Å². The van der Waals surface area contributed by atoms with E-state index in [1.165, 1.54) is 13.2 Å². The van der Waals surface area contributed by atoms with Gasteiger partial charge in [-0.2, -0.15) is 5.26 Å². The van der Waals surface area contributed by atoms with Crippen molar-refractivity contribution in [1.82, 2.24) is 4.98 Å². The van der Waals surface area contributed by atoms with Crippen LogP contribution in [0.4, 0.5) is 0 Å². The van der Waals surface area contributed by atoms with Crippen LogP contribution < -0.4 is 0 Å². The van der Waals surface area contributed by atoms with Crippen LogP contribution in [0.1, 0.15) is 39.8 Å². The summed E-state index contributed by atoms with van der Waals surface area (Å²) in [6.45, 7) is 3.89. The molecule has 0 spiro atoms. The molecule has 1 heterocycles. The first-order valence-corrected chi connectivity index (χ1v) is 8.14. The van der Waals surface area contributed by atoms with E-state index in [9.17, 15) is 9.59 Å². The van der Waals surface area contributed by atoms with Crippen molar-refractivity contribution in [3.05, 3.63) is 64.0 Å². The number of benzene rings is 1. The average molecular weight is 352 g/mol. The molecule has 1 aromatic heterocycles. The van der Waals surface area contributed by atoms with E-state index in [0.717, 1.165) is 16.7 Å². The monoisotopic (exact) mass is 352 g/mol. The molecule has 1 N–H and O–H groups in total. The maximum absolute atomic E-state index is 12.4. The molecule has 0 atom stereocenters. The van der Waals surface area contributed by atoms with E-state index < -0.39 is 11.9 Å². The number of carbonyl (C=O) groups is 2. The van der Waals surface area contributed by atoms with Gasteiger partial charge in [-0.05, 0) is 36.1 Å². The highest BCUT2D eigenvalue weighted by atomic mass is 16.5. The summed E-state index contributed by atoms with van der Waals surface area (Å²) in [5.41, 5.74) is 3.16. The molecule has 2 rings (SSSR count). The van der Waals surface area contributed by atoms with Crippen LogP contribution in [-0.4, -0.2) is 24.0 Å². The summed E-state index contributed by atoms with van der Waals surface area (Å²) in [4.78, 5) is 27.0. The van der Waals surface area contributed by atoms with E-state index in [2.05, 4.69) is 9.72 Å². The zero-order chi connectivity index (χ0) is 19.1. The minimum atomic E-state index is -0.727. The van der Waals surface area contributed by atoms with Gasteiger partial charge in [0, 0.05) is 5.69 Å². The Bertz CT molecular complexity index is 873. The van der Waals surface area contributed by atoms with Crippen molar-refractivity contribution in [1.29, 1.82) is 5.26 Å². The first-order chi connectivity index (χ1) is 12.5. The van der Waals surface area contributed by atoms with Gasteiger partial charge in [0.05, 0.1) is 7.11 Å². The fourth-order valence-corrected chi connectivity index (χ4v) is 2.63. The molecular formula is C20H20N2O4. The molecule has 0 aliphatic rings. The third-order valence-electron chi connectivity index (χ3n) is 4.00. The number of nitrogens with zero attached hydrogens (tertiary/aromatic N) is 1. The number of methoxy groups -OCH3 is 1. The number of carbonyl (C=O) groups excluding carboxylic acids is 2. The maximum Gasteiger partial charge on any atom is 0.355 e. The molecule has 134 valence electrons. The number of aromatic amines is 1. The molecule has 0 aliphatic carbocycles. The van der Waals surface area contributed by atoms with Gasteiger partial charge < -0.3 is 14.5 Å². The Hall–Kier alpha value is -3.33. The van der Waals surface area contributed by atoms with Gasteiger partial charge in [0.1, 0.15) is 23.9 Å². The maximum atomic E-state index is 12.4. The number of nitriles is 1. The van der Waals surface area contributed by atoms with Crippen LogP contribution in [-0.2, 0) is 27.3 Å². The molecule has 1 aromatic carbocycles. The van der Waals surface area contributed by atoms with E-state index in [1.807, 2.05) is 43.3 Å². The van der Waals surface area contributed by atoms with E-state index in [-0.39, 0.29) is 12.2 Å². The summed E-state index contributed by atoms with van der Waals surface area (Å²) < 4.78 is 9.95. The van der Waals surface area contributed by atoms with Crippen molar-refractivity contribution in [2.45, 2.75) is 26.9 Å². The number of hydrogen-bond acceptors (Lipinski definition) is 5. The molecule has 6 nitrogen and oxygen atoms in total. The number of H-pyrrole nitrogens is 1. The molecular weight excluding hydrogens is 332 g/mol. The Morgan fingerprint density at radius 3 is 2.54 bits per heavy atom. The Morgan fingerprint density at radius 1 is 1.27 bits per heavy atom. The zero-order valence-corrected chi connectivity index (χ0v) is 15.0. The fourth-order valence-electron chi connectivity index (χ4n) is 2.63. The summed E-state index contributed by atoms with van der Waals surface area (Å²) in [7, 11) is 1.21. The smallest absolute Gasteiger partial charge is 0.355 e. The molecule has 2 aromatic rings. The van der Waals surface area contributed by atoms with Gasteiger partial charge >= 0.3 is 11.9 Å². The number of rotatable bonds is 6. The normalized spacial score (nSPS) is 10.9. The SMILES string of the molecule is CCc1c(/C=C(\C#N)C(=O)OC)[nH]c(C(=O)OCc2ccccc2)c1C. The number of nitrogens with one attached hydrogen (secondary N) is 1. The van der Waals surface area contributed by atoms with Crippen LogP contribution in [0.15, 0.2) is 35.9 Å². The third-order valence-corrected chi connectivity index (χ3v) is 4.00. The second-order valence-electron chi connectivity index (χ2n) is 5.59. The summed E-state index contributed by atoms with van der Waals surface area (Å²) >= 11 is 0. The van der Waals surface area contributed by atoms with E-state index >= 15 is 0 Å². The molecule has 26 heavy (non-hydrogen) atoms. The van der Waals surface area contributed by atoms with Crippen molar-refractivity contribution in [3.63, 3.8) is 0 Å². The van der Waals surface area contributed by atoms with Crippen molar-refractivity contribution >= 4 is 18.0 Å². The van der Waals surface area contributed by atoms with Crippen LogP contribution in [0, 0.1) is 18.3 Å². The van der Waals surface area contributed by atoms with Crippen molar-refractivity contribution in [2.24, 2.45) is 0 Å². The molecule has 0 saturated carbocycles. The van der Waals surface area contributed by atoms with Crippen LogP contribution in [0.25, 0.3) is 6.08 Å². The summed E-state index contributed by atoms with van der Waals surface area (Å²) in [5.74, 6) is -1.22. The number of aromatic nitrogens is 1. The molecule has 0 bridgehead atoms. The van der Waals surface area contributed by atoms with E-state index in [4.69, 9.17) is 10.00 Å². The highest BCUT2D eigenvalue weighted by molar-refractivity contribution is 5.98. The van der Waals surface area contributed by atoms with Gasteiger partial charge in [-0.1, -0.05) is 37.3 Å². The Morgan fingerprint density at radius 2 is 1.96 bits per heavy atom. The average Bonchev–Trinajstić information content (AvgIpc) is 2.99. The van der Waals surface area contributed by atoms with Gasteiger partial charge in [0.15, 0.2) is 0 Å². The molecule has 0 saturated heterocycles. The van der Waals surface area contributed by atoms with Gasteiger partial charge in [0.25, 0.3) is 0 Å². The number of esters is 2. The van der Waals surface area contributed by atoms with Crippen LogP contribution in [0.5, 0.6) is 0 Å². The number of ether oxygens (including phenoxy) is 2. The zero-order valence-electron chi connectivity index (χ0n) is 15.0. The summed E-state index contributed by atoms with van der Waals surface area (Å²) in [6.07, 6.45) is 2.02. The van der Waals surface area contributed by atoms with Crippen LogP contribution in [0.3, 0.4) is 0 Å². The standard InChI is InChI=1S/C20H20N2O4/c1-4-16-13(2)18(20(24)26-12-14-8-6-5-7-9-14)22-17(16)10-15(11-21)19(23)25-3/h5-10,22H,4,12H2,1-3H3/b15-10+. The fraction of sp³-hybridized carbons (Fsp3) is 0.250. The molecule has 0 radical (unpaired) electrons. The molecule has 0 fully saturated rings. The van der Waals surface area contributed by atoms with Crippen LogP contribution >= 0.6 is 0 Å². The quantitative estimate of drug-likeness (QED) is 0.489. The Kier molecular flexibility index (Phi) is 6.34. The lowest BCUT2D eigenvalue weighted by atomic mass is 10.1. The minimum Gasteiger partial charge on any atom is -0.465 e. The largest absolute Gasteiger partial charge is 0.465 e. The third kappa shape index (κ3) is 4.19. The lowest BCUT2D eigenvalue weighted by molar-refractivity contribution is -0.135. The molecule has 0 amide bonds. The Labute approximate surface area is 152 Å². The van der Waals surface area contributed by atoms with Crippen molar-refractivity contribution in [2.75, 3.05) is 7.11 Å². The second kappa shape index (κ2) is 8.67. The van der Waals surface area contributed by atoms with E-state index in [1.54, 1.807) is 6.92 Å². The highest BCUT2D eigenvalue weighted by Crippen LogP contribution is 2.23. The summed E-state index contributed by atoms with van der Waals surface area (Å²) in [5, 5.41) is 9.12. The first kappa shape index (κ1) is 19.0. The van der Waals surface area contributed by atoms with Crippen molar-refractivity contribution in [3.8, 4) is 6.07 Å². The molecule has 0 unspecified atom stereocenters. The first-order valence-electron chi connectivity index (χ1n) is 8.14. The lowest BCUT2D eigenvalue weighted by Gasteiger charge is -2.04. The van der Waals surface area contributed by atoms with Gasteiger partial charge in [0.2, 0.25) is 0 Å². The van der Waals surface area contributed by atoms with Gasteiger partial charge in [-0.15, -0.1) is 0 Å². The number of hydrogen-bond donors (Lipinski definition) is 1. The highest BCUT2D eigenvalue weighted by Gasteiger charge is 2.20. The Balaban J connectivity index is 2.29. The predicted octanol–water partition coefficient (Wildman–Crippen LogP) is 3.32. The topological polar surface area (TPSA) is 92.2 Å². The molecule has 0 aliphatic heterocycles. The van der Waals surface area contributed by atoms with Gasteiger partial charge in [-0.25, -0.2) is 9.59 Å². The van der Waals surface area contributed by atoms with Crippen molar-refractivity contribution < 1.29 is 19.1 Å². The minimum absolute atomic E-state index is 0.146. The molecule has 6 heteroatoms.